The number of nitrogens with zero attached hydrogens (tertiary/aromatic N) is 1. The Hall–Kier alpha value is -1.30. The fourth-order valence-electron chi connectivity index (χ4n) is 1.09. The van der Waals surface area contributed by atoms with E-state index in [9.17, 15) is 9.59 Å². The summed E-state index contributed by atoms with van der Waals surface area (Å²) in [6, 6.07) is -0.878. The first-order valence-corrected chi connectivity index (χ1v) is 4.73. The quantitative estimate of drug-likeness (QED) is 0.583. The molecule has 0 saturated carbocycles. The number of nitrogens with one attached hydrogen (secondary N) is 1. The van der Waals surface area contributed by atoms with Gasteiger partial charge >= 0.3 is 12.1 Å². The van der Waals surface area contributed by atoms with Crippen LogP contribution in [0.2, 0.25) is 0 Å². The van der Waals surface area contributed by atoms with Gasteiger partial charge in [-0.25, -0.2) is 14.9 Å². The van der Waals surface area contributed by atoms with E-state index >= 15 is 0 Å². The van der Waals surface area contributed by atoms with Crippen LogP contribution in [-0.2, 0) is 4.74 Å². The van der Waals surface area contributed by atoms with E-state index in [0.29, 0.717) is 0 Å². The number of hydrogen-bond donors (Lipinski definition) is 2. The summed E-state index contributed by atoms with van der Waals surface area (Å²) in [5.74, 6) is 0. The van der Waals surface area contributed by atoms with Crippen molar-refractivity contribution in [3.8, 4) is 0 Å². The molecule has 3 amide bonds. The van der Waals surface area contributed by atoms with Gasteiger partial charge in [-0.2, -0.15) is 0 Å². The van der Waals surface area contributed by atoms with Gasteiger partial charge in [-0.05, 0) is 27.7 Å². The second kappa shape index (κ2) is 3.69. The first-order valence-electron chi connectivity index (χ1n) is 4.73. The fourth-order valence-corrected chi connectivity index (χ4v) is 1.09. The van der Waals surface area contributed by atoms with Gasteiger partial charge in [-0.3, -0.25) is 4.90 Å². The molecule has 0 aliphatic carbocycles. The van der Waals surface area contributed by atoms with E-state index in [0.717, 1.165) is 4.90 Å². The van der Waals surface area contributed by atoms with E-state index < -0.39 is 24.0 Å². The van der Waals surface area contributed by atoms with Crippen molar-refractivity contribution in [2.75, 3.05) is 0 Å². The molecule has 86 valence electrons. The molecule has 0 aromatic carbocycles. The molecule has 1 aliphatic heterocycles. The van der Waals surface area contributed by atoms with Crippen molar-refractivity contribution in [3.05, 3.63) is 0 Å². The highest BCUT2D eigenvalue weighted by molar-refractivity contribution is 5.92. The van der Waals surface area contributed by atoms with Crippen molar-refractivity contribution < 1.29 is 19.4 Å². The standard InChI is InChI=1S/C9H16N2O4/c1-5-6(12)11(5)7(13)10-8(14)15-9(2,3)4/h5-6,12H,1-4H3,(H,10,13,14)/t5-,6-,11?/m1/s1. The number of amides is 3. The number of hydrogen-bond acceptors (Lipinski definition) is 4. The summed E-state index contributed by atoms with van der Waals surface area (Å²) >= 11 is 0. The third kappa shape index (κ3) is 3.09. The van der Waals surface area contributed by atoms with E-state index in [-0.39, 0.29) is 6.04 Å². The van der Waals surface area contributed by atoms with E-state index in [1.807, 2.05) is 5.32 Å². The molecule has 1 rings (SSSR count). The molecule has 1 aliphatic rings. The monoisotopic (exact) mass is 216 g/mol. The summed E-state index contributed by atoms with van der Waals surface area (Å²) in [5.41, 5.74) is -0.645. The Kier molecular flexibility index (Phi) is 2.90. The average molecular weight is 216 g/mol. The zero-order valence-corrected chi connectivity index (χ0v) is 9.27. The van der Waals surface area contributed by atoms with E-state index in [1.165, 1.54) is 0 Å². The van der Waals surface area contributed by atoms with Gasteiger partial charge < -0.3 is 9.84 Å². The van der Waals surface area contributed by atoms with Crippen LogP contribution in [0.5, 0.6) is 0 Å². The van der Waals surface area contributed by atoms with Crippen LogP contribution in [0.1, 0.15) is 27.7 Å². The van der Waals surface area contributed by atoms with Crippen LogP contribution < -0.4 is 5.32 Å². The zero-order chi connectivity index (χ0) is 11.8. The second-order valence-corrected chi connectivity index (χ2v) is 4.49. The van der Waals surface area contributed by atoms with Crippen LogP contribution in [0, 0.1) is 0 Å². The summed E-state index contributed by atoms with van der Waals surface area (Å²) in [4.78, 5) is 23.6. The lowest BCUT2D eigenvalue weighted by atomic mass is 10.2. The maximum Gasteiger partial charge on any atom is 0.415 e. The summed E-state index contributed by atoms with van der Waals surface area (Å²) in [6.07, 6.45) is -1.61. The van der Waals surface area contributed by atoms with E-state index in [4.69, 9.17) is 9.84 Å². The zero-order valence-electron chi connectivity index (χ0n) is 9.27. The maximum absolute atomic E-state index is 11.3. The third-order valence-corrected chi connectivity index (χ3v) is 1.91. The maximum atomic E-state index is 11.3. The average Bonchev–Trinajstić information content (AvgIpc) is 2.54. The van der Waals surface area contributed by atoms with Crippen molar-refractivity contribution in [1.82, 2.24) is 10.2 Å². The number of carbonyl (C=O) groups excluding carboxylic acids is 2. The van der Waals surface area contributed by atoms with Gasteiger partial charge in [0.25, 0.3) is 0 Å². The van der Waals surface area contributed by atoms with Gasteiger partial charge in [-0.15, -0.1) is 0 Å². The molecular formula is C9H16N2O4. The van der Waals surface area contributed by atoms with Gasteiger partial charge in [0, 0.05) is 0 Å². The van der Waals surface area contributed by atoms with E-state index in [1.54, 1.807) is 27.7 Å². The van der Waals surface area contributed by atoms with Crippen LogP contribution >= 0.6 is 0 Å². The second-order valence-electron chi connectivity index (χ2n) is 4.49. The number of imide groups is 1. The molecule has 1 saturated heterocycles. The smallest absolute Gasteiger partial charge is 0.415 e. The predicted octanol–water partition coefficient (Wildman–Crippen LogP) is 0.654. The van der Waals surface area contributed by atoms with Crippen LogP contribution in [0.15, 0.2) is 0 Å². The van der Waals surface area contributed by atoms with Gasteiger partial charge in [0.1, 0.15) is 5.60 Å². The summed E-state index contributed by atoms with van der Waals surface area (Å²) in [7, 11) is 0. The lowest BCUT2D eigenvalue weighted by Gasteiger charge is -2.19. The van der Waals surface area contributed by atoms with Crippen molar-refractivity contribution in [2.45, 2.75) is 45.6 Å². The molecular weight excluding hydrogens is 200 g/mol. The number of aliphatic hydroxyl groups is 1. The number of alkyl carbamates (subject to hydrolysis) is 1. The van der Waals surface area contributed by atoms with Gasteiger partial charge in [0.15, 0.2) is 6.23 Å². The molecule has 0 aromatic heterocycles. The molecule has 0 spiro atoms. The van der Waals surface area contributed by atoms with Crippen LogP contribution in [-0.4, -0.2) is 40.0 Å². The molecule has 0 aromatic rings. The molecule has 6 heteroatoms. The van der Waals surface area contributed by atoms with Crippen molar-refractivity contribution in [2.24, 2.45) is 0 Å². The van der Waals surface area contributed by atoms with Crippen LogP contribution in [0.4, 0.5) is 9.59 Å². The van der Waals surface area contributed by atoms with Crippen molar-refractivity contribution in [1.29, 1.82) is 0 Å². The third-order valence-electron chi connectivity index (χ3n) is 1.91. The van der Waals surface area contributed by atoms with E-state index in [2.05, 4.69) is 0 Å². The SMILES string of the molecule is C[C@@H]1[C@@H](O)N1C(=O)NC(=O)OC(C)(C)C. The highest BCUT2D eigenvalue weighted by Crippen LogP contribution is 2.24. The Bertz CT molecular complexity index is 276. The summed E-state index contributed by atoms with van der Waals surface area (Å²) in [5, 5.41) is 11.1. The molecule has 1 fully saturated rings. The number of urea groups is 1. The molecule has 0 bridgehead atoms. The lowest BCUT2D eigenvalue weighted by Crippen LogP contribution is -2.39. The summed E-state index contributed by atoms with van der Waals surface area (Å²) < 4.78 is 4.88. The topological polar surface area (TPSA) is 78.6 Å². The minimum Gasteiger partial charge on any atom is -0.443 e. The first-order chi connectivity index (χ1) is 6.72. The largest absolute Gasteiger partial charge is 0.443 e. The lowest BCUT2D eigenvalue weighted by molar-refractivity contribution is 0.0539. The van der Waals surface area contributed by atoms with Gasteiger partial charge in [-0.1, -0.05) is 0 Å². The Labute approximate surface area is 88.2 Å². The molecule has 0 radical (unpaired) electrons. The number of ether oxygens (including phenoxy) is 1. The van der Waals surface area contributed by atoms with Gasteiger partial charge in [0.05, 0.1) is 6.04 Å². The van der Waals surface area contributed by atoms with Crippen molar-refractivity contribution >= 4 is 12.1 Å². The Morgan fingerprint density at radius 2 is 1.87 bits per heavy atom. The minimum absolute atomic E-state index is 0.243. The number of rotatable bonds is 0. The highest BCUT2D eigenvalue weighted by atomic mass is 16.6. The van der Waals surface area contributed by atoms with Crippen LogP contribution in [0.3, 0.4) is 0 Å². The van der Waals surface area contributed by atoms with Crippen LogP contribution in [0.25, 0.3) is 0 Å². The Morgan fingerprint density at radius 1 is 1.40 bits per heavy atom. The molecule has 6 nitrogen and oxygen atoms in total. The van der Waals surface area contributed by atoms with Gasteiger partial charge in [0.2, 0.25) is 0 Å². The number of aliphatic hydroxyl groups excluding tert-OH is 1. The highest BCUT2D eigenvalue weighted by Gasteiger charge is 2.47. The Morgan fingerprint density at radius 3 is 2.20 bits per heavy atom. The molecule has 2 atom stereocenters. The normalized spacial score (nSPS) is 24.7. The summed E-state index contributed by atoms with van der Waals surface area (Å²) in [6.45, 7) is 6.78. The Balaban J connectivity index is 2.37. The molecule has 15 heavy (non-hydrogen) atoms. The molecule has 1 heterocycles. The number of carbonyl (C=O) groups is 2. The molecule has 2 N–H and O–H groups in total. The fraction of sp³-hybridized carbons (Fsp3) is 0.778. The minimum atomic E-state index is -0.807. The first kappa shape index (κ1) is 11.8. The molecule has 0 unspecified atom stereocenters. The predicted molar refractivity (Wildman–Crippen MR) is 52.1 cm³/mol. The van der Waals surface area contributed by atoms with Crippen molar-refractivity contribution in [3.63, 3.8) is 0 Å².